The minimum Gasteiger partial charge on any atom is -0.395 e. The van der Waals surface area contributed by atoms with Crippen LogP contribution in [-0.2, 0) is 4.79 Å². The van der Waals surface area contributed by atoms with Gasteiger partial charge in [-0.05, 0) is 12.1 Å². The number of aliphatic hydroxyl groups excluding tert-OH is 1. The van der Waals surface area contributed by atoms with Gasteiger partial charge in [-0.3, -0.25) is 10.2 Å². The third-order valence-electron chi connectivity index (χ3n) is 2.45. The molecule has 98 valence electrons. The summed E-state index contributed by atoms with van der Waals surface area (Å²) in [4.78, 5) is 12.5. The molecule has 0 heterocycles. The zero-order chi connectivity index (χ0) is 13.4. The van der Waals surface area contributed by atoms with Gasteiger partial charge in [0.25, 0.3) is 0 Å². The maximum absolute atomic E-state index is 10.8. The molecule has 0 aromatic heterocycles. The van der Waals surface area contributed by atoms with Gasteiger partial charge in [0.05, 0.1) is 6.61 Å². The molecule has 1 rings (SSSR count). The quantitative estimate of drug-likeness (QED) is 0.520. The van der Waals surface area contributed by atoms with Gasteiger partial charge in [0, 0.05) is 32.1 Å². The molecule has 5 nitrogen and oxygen atoms in total. The predicted octanol–water partition coefficient (Wildman–Crippen LogP) is 0.989. The Morgan fingerprint density at radius 1 is 1.39 bits per heavy atom. The summed E-state index contributed by atoms with van der Waals surface area (Å²) in [5.41, 5.74) is 0.874. The van der Waals surface area contributed by atoms with Crippen molar-refractivity contribution in [1.82, 2.24) is 5.32 Å². The van der Waals surface area contributed by atoms with Gasteiger partial charge in [-0.2, -0.15) is 0 Å². The number of nitrogens with zero attached hydrogens (tertiary/aromatic N) is 1. The number of anilines is 1. The van der Waals surface area contributed by atoms with Crippen LogP contribution in [0.5, 0.6) is 0 Å². The summed E-state index contributed by atoms with van der Waals surface area (Å²) in [7, 11) is 0. The number of benzene rings is 1. The highest BCUT2D eigenvalue weighted by Gasteiger charge is 2.11. The van der Waals surface area contributed by atoms with E-state index < -0.39 is 0 Å². The van der Waals surface area contributed by atoms with Crippen molar-refractivity contribution in [2.24, 2.45) is 0 Å². The minimum atomic E-state index is -0.101. The van der Waals surface area contributed by atoms with Crippen molar-refractivity contribution < 1.29 is 9.90 Å². The lowest BCUT2D eigenvalue weighted by atomic mass is 10.2. The first-order valence-electron chi connectivity index (χ1n) is 5.90. The van der Waals surface area contributed by atoms with Crippen molar-refractivity contribution in [1.29, 1.82) is 5.41 Å². The fraction of sp³-hybridized carbons (Fsp3) is 0.385. The number of carbonyl (C=O) groups is 1. The Labute approximate surface area is 107 Å². The van der Waals surface area contributed by atoms with Crippen LogP contribution in [0.15, 0.2) is 30.3 Å². The van der Waals surface area contributed by atoms with Crippen molar-refractivity contribution in [2.45, 2.75) is 13.3 Å². The van der Waals surface area contributed by atoms with Crippen molar-refractivity contribution in [3.05, 3.63) is 30.3 Å². The second-order valence-electron chi connectivity index (χ2n) is 3.89. The molecular formula is C13H19N3O2. The predicted molar refractivity (Wildman–Crippen MR) is 71.9 cm³/mol. The number of hydrogen-bond donors (Lipinski definition) is 3. The van der Waals surface area contributed by atoms with Gasteiger partial charge in [0.2, 0.25) is 5.91 Å². The second-order valence-corrected chi connectivity index (χ2v) is 3.89. The number of carbonyl (C=O) groups excluding carboxylic acids is 1. The van der Waals surface area contributed by atoms with Crippen molar-refractivity contribution in [2.75, 3.05) is 24.6 Å². The van der Waals surface area contributed by atoms with Crippen LogP contribution in [0, 0.1) is 5.41 Å². The normalized spacial score (nSPS) is 9.89. The summed E-state index contributed by atoms with van der Waals surface area (Å²) in [6.45, 7) is 2.25. The van der Waals surface area contributed by atoms with Crippen molar-refractivity contribution >= 4 is 17.4 Å². The van der Waals surface area contributed by atoms with Gasteiger partial charge < -0.3 is 15.3 Å². The largest absolute Gasteiger partial charge is 0.395 e. The highest BCUT2D eigenvalue weighted by molar-refractivity contribution is 5.95. The first-order valence-corrected chi connectivity index (χ1v) is 5.90. The van der Waals surface area contributed by atoms with Gasteiger partial charge in [-0.25, -0.2) is 0 Å². The van der Waals surface area contributed by atoms with E-state index in [1.54, 1.807) is 4.90 Å². The molecule has 1 aromatic carbocycles. The van der Waals surface area contributed by atoms with Crippen LogP contribution < -0.4 is 10.2 Å². The van der Waals surface area contributed by atoms with E-state index in [2.05, 4.69) is 5.32 Å². The minimum absolute atomic E-state index is 0.0165. The second kappa shape index (κ2) is 7.45. The van der Waals surface area contributed by atoms with Crippen LogP contribution in [0.1, 0.15) is 13.3 Å². The Bertz CT molecular complexity index is 392. The number of aliphatic hydroxyl groups is 1. The fourth-order valence-electron chi connectivity index (χ4n) is 1.62. The topological polar surface area (TPSA) is 76.4 Å². The Kier molecular flexibility index (Phi) is 5.87. The van der Waals surface area contributed by atoms with Crippen LogP contribution in [0.2, 0.25) is 0 Å². The van der Waals surface area contributed by atoms with Crippen LogP contribution in [0.25, 0.3) is 0 Å². The molecule has 0 aliphatic rings. The van der Waals surface area contributed by atoms with Gasteiger partial charge >= 0.3 is 0 Å². The first-order chi connectivity index (χ1) is 8.65. The molecule has 1 aromatic rings. The zero-order valence-electron chi connectivity index (χ0n) is 10.5. The van der Waals surface area contributed by atoms with E-state index in [0.717, 1.165) is 5.69 Å². The van der Waals surface area contributed by atoms with E-state index in [-0.39, 0.29) is 12.5 Å². The van der Waals surface area contributed by atoms with E-state index in [1.165, 1.54) is 6.92 Å². The molecule has 0 aliphatic heterocycles. The van der Waals surface area contributed by atoms with E-state index in [0.29, 0.717) is 25.3 Å². The third kappa shape index (κ3) is 4.55. The van der Waals surface area contributed by atoms with Gasteiger partial charge in [-0.15, -0.1) is 0 Å². The Balaban J connectivity index is 2.61. The highest BCUT2D eigenvalue weighted by Crippen LogP contribution is 2.13. The lowest BCUT2D eigenvalue weighted by molar-refractivity contribution is -0.118. The van der Waals surface area contributed by atoms with Crippen LogP contribution in [0.4, 0.5) is 5.69 Å². The lowest BCUT2D eigenvalue weighted by Crippen LogP contribution is -2.35. The van der Waals surface area contributed by atoms with Crippen molar-refractivity contribution in [3.63, 3.8) is 0 Å². The molecular weight excluding hydrogens is 230 g/mol. The van der Waals surface area contributed by atoms with Crippen molar-refractivity contribution in [3.8, 4) is 0 Å². The molecule has 0 bridgehead atoms. The van der Waals surface area contributed by atoms with E-state index >= 15 is 0 Å². The molecule has 0 fully saturated rings. The summed E-state index contributed by atoms with van der Waals surface area (Å²) < 4.78 is 0. The summed E-state index contributed by atoms with van der Waals surface area (Å²) in [6.07, 6.45) is 0.439. The van der Waals surface area contributed by atoms with Gasteiger partial charge in [-0.1, -0.05) is 18.2 Å². The molecule has 0 unspecified atom stereocenters. The van der Waals surface area contributed by atoms with Crippen LogP contribution >= 0.6 is 0 Å². The maximum Gasteiger partial charge on any atom is 0.216 e. The smallest absolute Gasteiger partial charge is 0.216 e. The lowest BCUT2D eigenvalue weighted by Gasteiger charge is -2.24. The molecule has 0 saturated carbocycles. The Hall–Kier alpha value is -1.88. The molecule has 0 aliphatic carbocycles. The molecule has 0 spiro atoms. The molecule has 0 radical (unpaired) electrons. The van der Waals surface area contributed by atoms with Crippen LogP contribution in [0.3, 0.4) is 0 Å². The number of para-hydroxylation sites is 1. The number of amides is 1. The SMILES string of the molecule is CC(=O)NCCC(=N)N(CCO)c1ccccc1. The standard InChI is InChI=1S/C13H19N3O2/c1-11(18)15-8-7-13(14)16(9-10-17)12-5-3-2-4-6-12/h2-6,14,17H,7-10H2,1H3,(H,15,18). The molecule has 18 heavy (non-hydrogen) atoms. The average molecular weight is 249 g/mol. The summed E-state index contributed by atoms with van der Waals surface area (Å²) in [5.74, 6) is 0.278. The first kappa shape index (κ1) is 14.2. The average Bonchev–Trinajstić information content (AvgIpc) is 2.36. The summed E-state index contributed by atoms with van der Waals surface area (Å²) in [6, 6.07) is 9.47. The molecule has 3 N–H and O–H groups in total. The zero-order valence-corrected chi connectivity index (χ0v) is 10.5. The van der Waals surface area contributed by atoms with E-state index in [1.807, 2.05) is 30.3 Å². The highest BCUT2D eigenvalue weighted by atomic mass is 16.3. The number of hydrogen-bond acceptors (Lipinski definition) is 3. The molecule has 0 atom stereocenters. The summed E-state index contributed by atoms with van der Waals surface area (Å²) >= 11 is 0. The summed E-state index contributed by atoms with van der Waals surface area (Å²) in [5, 5.41) is 19.7. The molecule has 5 heteroatoms. The third-order valence-corrected chi connectivity index (χ3v) is 2.45. The van der Waals surface area contributed by atoms with Gasteiger partial charge in [0.15, 0.2) is 0 Å². The fourth-order valence-corrected chi connectivity index (χ4v) is 1.62. The van der Waals surface area contributed by atoms with Crippen LogP contribution in [-0.4, -0.2) is 36.5 Å². The van der Waals surface area contributed by atoms with E-state index in [9.17, 15) is 4.79 Å². The molecule has 0 saturated heterocycles. The number of nitrogens with one attached hydrogen (secondary N) is 2. The maximum atomic E-state index is 10.8. The van der Waals surface area contributed by atoms with E-state index in [4.69, 9.17) is 10.5 Å². The number of amidine groups is 1. The Morgan fingerprint density at radius 2 is 2.06 bits per heavy atom. The monoisotopic (exact) mass is 249 g/mol. The van der Waals surface area contributed by atoms with Gasteiger partial charge in [0.1, 0.15) is 5.84 Å². The Morgan fingerprint density at radius 3 is 2.61 bits per heavy atom. The molecule has 1 amide bonds. The number of rotatable bonds is 6.